The first kappa shape index (κ1) is 93.7. The fraction of sp³-hybridized carbons (Fsp3) is 0.414. The van der Waals surface area contributed by atoms with E-state index in [4.69, 9.17) is 42.1 Å². The number of aromatic nitrogens is 4. The van der Waals surface area contributed by atoms with E-state index in [1.165, 1.54) is 70.1 Å². The number of anilines is 2. The largest absolute Gasteiger partial charge is 0.493 e. The normalized spacial score (nSPS) is 19.0. The Hall–Kier alpha value is -12.1. The predicted octanol–water partition coefficient (Wildman–Crippen LogP) is 17.6. The summed E-state index contributed by atoms with van der Waals surface area (Å²) in [4.78, 5) is 102. The number of hydrogen-bond acceptors (Lipinski definition) is 22. The summed E-state index contributed by atoms with van der Waals surface area (Å²) in [6.45, 7) is 19.2. The molecule has 35 heteroatoms. The molecule has 704 valence electrons. The fourth-order valence-electron chi connectivity index (χ4n) is 19.5. The van der Waals surface area contributed by atoms with Gasteiger partial charge in [0.1, 0.15) is 45.8 Å². The van der Waals surface area contributed by atoms with Crippen LogP contribution in [0.4, 0.5) is 27.5 Å². The van der Waals surface area contributed by atoms with E-state index in [2.05, 4.69) is 112 Å². The number of carbonyl (C=O) groups excluding carboxylic acids is 4. The number of urea groups is 1. The van der Waals surface area contributed by atoms with Crippen LogP contribution in [0.5, 0.6) is 34.5 Å². The molecule has 31 nitrogen and oxygen atoms in total. The highest BCUT2D eigenvalue weighted by Gasteiger charge is 2.39. The molecule has 10 aromatic rings. The molecule has 0 radical (unpaired) electrons. The first-order valence-corrected chi connectivity index (χ1v) is 49.8. The first-order valence-electron chi connectivity index (χ1n) is 46.1. The maximum atomic E-state index is 14.1. The van der Waals surface area contributed by atoms with Crippen LogP contribution >= 0.6 is 23.2 Å². The maximum Gasteiger partial charge on any atom is 0.317 e. The molecule has 5 amide bonds. The van der Waals surface area contributed by atoms with Crippen molar-refractivity contribution >= 4 is 123 Å². The molecule has 0 bridgehead atoms. The number of ether oxygens (including phenoxy) is 4. The van der Waals surface area contributed by atoms with Crippen molar-refractivity contribution in [2.45, 2.75) is 140 Å². The summed E-state index contributed by atoms with van der Waals surface area (Å²) in [6.07, 6.45) is 21.1. The Morgan fingerprint density at radius 1 is 0.522 bits per heavy atom. The Morgan fingerprint density at radius 2 is 0.948 bits per heavy atom. The Labute approximate surface area is 788 Å². The number of nitrogens with one attached hydrogen (secondary N) is 6. The van der Waals surface area contributed by atoms with Crippen LogP contribution in [0.3, 0.4) is 0 Å². The van der Waals surface area contributed by atoms with Gasteiger partial charge in [-0.1, -0.05) is 106 Å². The molecule has 0 spiro atoms. The Balaban J connectivity index is 0.000000187. The number of allylic oxidation sites excluding steroid dienone is 2. The van der Waals surface area contributed by atoms with E-state index >= 15 is 0 Å². The third-order valence-corrected chi connectivity index (χ3v) is 30.3. The number of sulfonamides is 2. The lowest BCUT2D eigenvalue weighted by molar-refractivity contribution is -0.386. The van der Waals surface area contributed by atoms with Crippen molar-refractivity contribution < 1.29 is 64.8 Å². The zero-order valence-electron chi connectivity index (χ0n) is 75.5. The van der Waals surface area contributed by atoms with Gasteiger partial charge < -0.3 is 54.2 Å². The molecule has 18 rings (SSSR count). The molecule has 1 saturated carbocycles. The molecule has 4 aromatic heterocycles. The van der Waals surface area contributed by atoms with E-state index in [9.17, 15) is 56.2 Å². The number of halogens is 2. The highest BCUT2D eigenvalue weighted by atomic mass is 35.5. The van der Waals surface area contributed by atoms with Crippen LogP contribution < -0.4 is 48.8 Å². The summed E-state index contributed by atoms with van der Waals surface area (Å²) in [5, 5.41) is 33.7. The average Bonchev–Trinajstić information content (AvgIpc) is 0.835. The number of pyridine rings is 2. The molecule has 4 fully saturated rings. The van der Waals surface area contributed by atoms with E-state index in [1.54, 1.807) is 53.7 Å². The number of nitro groups is 2. The van der Waals surface area contributed by atoms with Gasteiger partial charge in [-0.05, 0) is 189 Å². The number of hydrogen-bond donors (Lipinski definition) is 6. The van der Waals surface area contributed by atoms with Crippen LogP contribution in [0.1, 0.15) is 161 Å². The molecular weight excluding hydrogens is 1790 g/mol. The molecule has 5 aliphatic heterocycles. The average molecular weight is 1900 g/mol. The molecule has 8 aliphatic rings. The van der Waals surface area contributed by atoms with Crippen LogP contribution in [0.25, 0.3) is 33.2 Å². The predicted molar refractivity (Wildman–Crippen MR) is 514 cm³/mol. The minimum atomic E-state index is -4.68. The number of piperidine rings is 1. The molecule has 0 unspecified atom stereocenters. The van der Waals surface area contributed by atoms with Gasteiger partial charge in [-0.3, -0.25) is 44.4 Å². The molecule has 3 saturated heterocycles. The summed E-state index contributed by atoms with van der Waals surface area (Å²) >= 11 is 12.5. The standard InChI is InChI=1S/C50H56ClN7O8S.C49H55ClN8O8S/c1-50(2)16-14-36(43(27-50)33-8-10-37(51)11-9-33)30-56-18-20-57(21-19-56)38-12-13-41(46(24-38)66-39-23-35-15-17-52-47(35)53-29-39)49(60)55-67(63,64)40-25-44(58(61)62)42-22-32(31-65-45(42)26-40)28-54-48(59)34-6-4-3-5-7-34;1-49(2)14-12-35(42(27-49)33-6-8-36(50)9-7-33)30-55-18-20-56(21-19-55)37-10-11-40(45(24-37)66-38-23-34-13-15-51-46(34)52-29-38)47(59)54-67(63,64)39-25-43(58(61)62)41-22-32(31-65-44(41)26-39)28-53-48(60)57-16-4-3-5-17-57/h8-13,15,17,23-26,29,32,34H,3-7,14,16,18-22,27-28,30-31H2,1-2H3,(H,52,53)(H,54,59)(H,55,60);6-11,13,15,23-26,29,32H,3-5,12,14,16-22,27-28,30-31H2,1-2H3,(H,51,52)(H,53,60)(H,54,59)/t2*32-/m00/s1. The van der Waals surface area contributed by atoms with Crippen LogP contribution in [0.2, 0.25) is 10.0 Å². The van der Waals surface area contributed by atoms with Gasteiger partial charge in [0, 0.05) is 190 Å². The zero-order chi connectivity index (χ0) is 93.7. The van der Waals surface area contributed by atoms with E-state index in [-0.39, 0.29) is 125 Å². The maximum absolute atomic E-state index is 14.1. The summed E-state index contributed by atoms with van der Waals surface area (Å²) < 4.78 is 84.6. The van der Waals surface area contributed by atoms with Gasteiger partial charge in [0.05, 0.1) is 67.5 Å². The van der Waals surface area contributed by atoms with Crippen molar-refractivity contribution in [2.75, 3.05) is 115 Å². The van der Waals surface area contributed by atoms with Gasteiger partial charge in [-0.2, -0.15) is 0 Å². The number of nitro benzene ring substituents is 2. The van der Waals surface area contributed by atoms with E-state index in [0.717, 1.165) is 173 Å². The van der Waals surface area contributed by atoms with Gasteiger partial charge >= 0.3 is 6.03 Å². The molecule has 3 aliphatic carbocycles. The topological polar surface area (TPSA) is 381 Å². The quantitative estimate of drug-likeness (QED) is 0.0229. The number of amides is 5. The number of nitrogens with zero attached hydrogens (tertiary/aromatic N) is 9. The van der Waals surface area contributed by atoms with Gasteiger partial charge in [-0.25, -0.2) is 41.0 Å². The van der Waals surface area contributed by atoms with E-state index in [0.29, 0.717) is 62.1 Å². The van der Waals surface area contributed by atoms with Gasteiger partial charge in [0.25, 0.3) is 43.2 Å². The van der Waals surface area contributed by atoms with Crippen molar-refractivity contribution in [3.63, 3.8) is 0 Å². The summed E-state index contributed by atoms with van der Waals surface area (Å²) in [5.41, 5.74) is 10.9. The Morgan fingerprint density at radius 3 is 1.38 bits per heavy atom. The lowest BCUT2D eigenvalue weighted by Crippen LogP contribution is -2.47. The second kappa shape index (κ2) is 40.2. The lowest BCUT2D eigenvalue weighted by Gasteiger charge is -2.39. The van der Waals surface area contributed by atoms with Crippen LogP contribution in [-0.2, 0) is 37.7 Å². The number of benzene rings is 6. The monoisotopic (exact) mass is 1900 g/mol. The van der Waals surface area contributed by atoms with Gasteiger partial charge in [0.15, 0.2) is 0 Å². The zero-order valence-corrected chi connectivity index (χ0v) is 78.6. The third kappa shape index (κ3) is 22.3. The number of H-pyrrole nitrogens is 2. The number of aromatic amines is 2. The minimum Gasteiger partial charge on any atom is -0.493 e. The number of carbonyl (C=O) groups is 4. The van der Waals surface area contributed by atoms with E-state index < -0.39 is 62.9 Å². The number of rotatable bonds is 25. The van der Waals surface area contributed by atoms with Gasteiger partial charge in [-0.15, -0.1) is 0 Å². The molecule has 9 heterocycles. The van der Waals surface area contributed by atoms with Crippen molar-refractivity contribution in [3.05, 3.63) is 233 Å². The first-order chi connectivity index (χ1) is 64.3. The van der Waals surface area contributed by atoms with Crippen LogP contribution in [0, 0.1) is 48.8 Å². The summed E-state index contributed by atoms with van der Waals surface area (Å²) in [6, 6.07) is 37.7. The molecule has 6 N–H and O–H groups in total. The molecule has 2 atom stereocenters. The smallest absolute Gasteiger partial charge is 0.317 e. The van der Waals surface area contributed by atoms with Crippen molar-refractivity contribution in [2.24, 2.45) is 28.6 Å². The number of piperazine rings is 2. The second-order valence-corrected chi connectivity index (χ2v) is 42.2. The van der Waals surface area contributed by atoms with Gasteiger partial charge in [0.2, 0.25) is 5.91 Å². The Bertz CT molecular complexity index is 6050. The van der Waals surface area contributed by atoms with Crippen molar-refractivity contribution in [1.29, 1.82) is 0 Å². The SMILES string of the molecule is CC1(C)CCC(CN2CCN(c3ccc(C(=O)NS(=O)(=O)c4cc5c(c([N+](=O)[O-])c4)C[C@@H](CNC(=O)C4CCCCC4)CO5)c(Oc4cnc5[nH]ccc5c4)c3)CC2)=C(c2ccc(Cl)cc2)C1.CC1(C)CCC(CN2CCN(c3ccc(C(=O)NS(=O)(=O)c4cc5c(c([N+](=O)[O-])c4)C[C@@H](CNC(=O)N4CCCCC4)CO5)c(Oc4cnc5[nH]ccc5c4)c3)CC2)=C(c2ccc(Cl)cc2)C1. The molecule has 6 aromatic carbocycles. The third-order valence-electron chi connectivity index (χ3n) is 27.1. The number of likely N-dealkylation sites (tertiary alicyclic amines) is 1. The summed E-state index contributed by atoms with van der Waals surface area (Å²) in [7, 11) is -9.35. The van der Waals surface area contributed by atoms with Crippen LogP contribution in [-0.4, -0.2) is 190 Å². The van der Waals surface area contributed by atoms with E-state index in [1.807, 2.05) is 36.4 Å². The van der Waals surface area contributed by atoms with Crippen LogP contribution in [0.15, 0.2) is 179 Å². The van der Waals surface area contributed by atoms with Crippen molar-refractivity contribution in [1.82, 2.24) is 54.7 Å². The number of fused-ring (bicyclic) bond motifs is 4. The summed E-state index contributed by atoms with van der Waals surface area (Å²) in [5.74, 6) is -1.61. The highest BCUT2D eigenvalue weighted by Crippen LogP contribution is 2.48. The highest BCUT2D eigenvalue weighted by molar-refractivity contribution is 7.90. The lowest BCUT2D eigenvalue weighted by atomic mass is 9.72. The van der Waals surface area contributed by atoms with Crippen molar-refractivity contribution in [3.8, 4) is 34.5 Å². The molecular formula is C99H111Cl2N15O16S2. The minimum absolute atomic E-state index is 0.0191. The Kier molecular flexibility index (Phi) is 28.1. The fourth-order valence-corrected chi connectivity index (χ4v) is 21.8. The molecule has 134 heavy (non-hydrogen) atoms. The second-order valence-electron chi connectivity index (χ2n) is 37.9.